The molecule has 0 spiro atoms. The maximum atomic E-state index is 13.7. The van der Waals surface area contributed by atoms with Crippen molar-refractivity contribution in [3.63, 3.8) is 0 Å². The predicted molar refractivity (Wildman–Crippen MR) is 85.4 cm³/mol. The van der Waals surface area contributed by atoms with E-state index < -0.39 is 12.2 Å². The Morgan fingerprint density at radius 2 is 2.05 bits per heavy atom. The van der Waals surface area contributed by atoms with Gasteiger partial charge in [0.05, 0.1) is 6.10 Å². The quantitative estimate of drug-likeness (QED) is 0.829. The molecule has 0 amide bonds. The van der Waals surface area contributed by atoms with E-state index in [1.165, 1.54) is 6.07 Å². The first-order valence-electron chi connectivity index (χ1n) is 6.50. The number of aliphatic hydroxyl groups is 1. The molecular formula is C16H15BrClFO2. The van der Waals surface area contributed by atoms with Crippen LogP contribution in [-0.2, 0) is 6.42 Å². The first kappa shape index (κ1) is 16.3. The van der Waals surface area contributed by atoms with Crippen molar-refractivity contribution in [3.8, 4) is 5.75 Å². The summed E-state index contributed by atoms with van der Waals surface area (Å²) in [6.07, 6.45) is -1.14. The molecule has 0 radical (unpaired) electrons. The Bertz CT molecular complexity index is 621. The third-order valence-electron chi connectivity index (χ3n) is 3.10. The van der Waals surface area contributed by atoms with Crippen molar-refractivity contribution in [3.05, 3.63) is 63.3 Å². The number of benzene rings is 2. The number of aliphatic hydroxyl groups excluding tert-OH is 1. The normalized spacial score (nSPS) is 13.8. The van der Waals surface area contributed by atoms with Gasteiger partial charge in [-0.2, -0.15) is 0 Å². The van der Waals surface area contributed by atoms with E-state index in [1.54, 1.807) is 43.3 Å². The summed E-state index contributed by atoms with van der Waals surface area (Å²) in [7, 11) is 0. The lowest BCUT2D eigenvalue weighted by molar-refractivity contribution is 0.0473. The van der Waals surface area contributed by atoms with E-state index in [0.29, 0.717) is 16.3 Å². The second kappa shape index (κ2) is 7.25. The molecule has 2 aromatic carbocycles. The van der Waals surface area contributed by atoms with Crippen LogP contribution in [-0.4, -0.2) is 17.3 Å². The molecule has 2 rings (SSSR count). The van der Waals surface area contributed by atoms with Gasteiger partial charge in [0.1, 0.15) is 17.7 Å². The molecule has 2 aromatic rings. The molecule has 112 valence electrons. The molecule has 0 aromatic heterocycles. The van der Waals surface area contributed by atoms with Crippen LogP contribution in [0.1, 0.15) is 12.5 Å². The summed E-state index contributed by atoms with van der Waals surface area (Å²) in [6, 6.07) is 11.6. The third-order valence-corrected chi connectivity index (χ3v) is 3.83. The van der Waals surface area contributed by atoms with Gasteiger partial charge in [0.15, 0.2) is 0 Å². The van der Waals surface area contributed by atoms with Crippen molar-refractivity contribution in [1.82, 2.24) is 0 Å². The number of halogens is 3. The van der Waals surface area contributed by atoms with Crippen molar-refractivity contribution in [2.24, 2.45) is 0 Å². The van der Waals surface area contributed by atoms with Gasteiger partial charge < -0.3 is 9.84 Å². The standard InChI is InChI=1S/C16H15BrClFO2/c1-10(21-14-4-2-3-13(18)9-14)16(20)8-11-7-12(17)5-6-15(11)19/h2-7,9-10,16,20H,8H2,1H3. The van der Waals surface area contributed by atoms with Gasteiger partial charge in [-0.25, -0.2) is 4.39 Å². The maximum absolute atomic E-state index is 13.7. The van der Waals surface area contributed by atoms with E-state index in [0.717, 1.165) is 4.47 Å². The molecule has 0 fully saturated rings. The highest BCUT2D eigenvalue weighted by molar-refractivity contribution is 9.10. The minimum atomic E-state index is -0.826. The number of ether oxygens (including phenoxy) is 1. The fourth-order valence-electron chi connectivity index (χ4n) is 1.92. The number of hydrogen-bond donors (Lipinski definition) is 1. The van der Waals surface area contributed by atoms with Crippen LogP contribution < -0.4 is 4.74 Å². The Morgan fingerprint density at radius 1 is 1.29 bits per heavy atom. The van der Waals surface area contributed by atoms with Crippen LogP contribution in [0.2, 0.25) is 5.02 Å². The summed E-state index contributed by atoms with van der Waals surface area (Å²) >= 11 is 9.17. The minimum Gasteiger partial charge on any atom is -0.488 e. The van der Waals surface area contributed by atoms with Crippen molar-refractivity contribution < 1.29 is 14.2 Å². The van der Waals surface area contributed by atoms with E-state index >= 15 is 0 Å². The number of hydrogen-bond acceptors (Lipinski definition) is 2. The summed E-state index contributed by atoms with van der Waals surface area (Å²) in [5, 5.41) is 10.7. The van der Waals surface area contributed by atoms with Gasteiger partial charge in [0.2, 0.25) is 0 Å². The Hall–Kier alpha value is -1.10. The van der Waals surface area contributed by atoms with Gasteiger partial charge in [-0.3, -0.25) is 0 Å². The molecule has 0 heterocycles. The highest BCUT2D eigenvalue weighted by Gasteiger charge is 2.18. The molecule has 21 heavy (non-hydrogen) atoms. The monoisotopic (exact) mass is 372 g/mol. The second-order valence-electron chi connectivity index (χ2n) is 4.79. The van der Waals surface area contributed by atoms with Crippen molar-refractivity contribution in [1.29, 1.82) is 0 Å². The van der Waals surface area contributed by atoms with Crippen molar-refractivity contribution >= 4 is 27.5 Å². The smallest absolute Gasteiger partial charge is 0.126 e. The van der Waals surface area contributed by atoms with Gasteiger partial charge in [0.25, 0.3) is 0 Å². The van der Waals surface area contributed by atoms with Crippen LogP contribution in [0.15, 0.2) is 46.9 Å². The van der Waals surface area contributed by atoms with E-state index in [1.807, 2.05) is 0 Å². The lowest BCUT2D eigenvalue weighted by atomic mass is 10.0. The summed E-state index contributed by atoms with van der Waals surface area (Å²) in [4.78, 5) is 0. The molecule has 5 heteroatoms. The summed E-state index contributed by atoms with van der Waals surface area (Å²) in [6.45, 7) is 1.74. The van der Waals surface area contributed by atoms with Crippen molar-refractivity contribution in [2.75, 3.05) is 0 Å². The van der Waals surface area contributed by atoms with E-state index in [-0.39, 0.29) is 12.2 Å². The maximum Gasteiger partial charge on any atom is 0.126 e. The minimum absolute atomic E-state index is 0.174. The topological polar surface area (TPSA) is 29.5 Å². The van der Waals surface area contributed by atoms with Gasteiger partial charge in [0, 0.05) is 15.9 Å². The molecule has 0 bridgehead atoms. The predicted octanol–water partition coefficient (Wildman–Crippen LogP) is 4.61. The zero-order valence-corrected chi connectivity index (χ0v) is 13.7. The molecule has 2 unspecified atom stereocenters. The Labute approximate surface area is 136 Å². The van der Waals surface area contributed by atoms with Crippen LogP contribution in [0.4, 0.5) is 4.39 Å². The van der Waals surface area contributed by atoms with Crippen LogP contribution >= 0.6 is 27.5 Å². The van der Waals surface area contributed by atoms with Gasteiger partial charge in [-0.1, -0.05) is 33.6 Å². The highest BCUT2D eigenvalue weighted by atomic mass is 79.9. The van der Waals surface area contributed by atoms with Gasteiger partial charge in [-0.15, -0.1) is 0 Å². The molecule has 0 aliphatic carbocycles. The number of rotatable bonds is 5. The van der Waals surface area contributed by atoms with Crippen LogP contribution in [0, 0.1) is 5.82 Å². The molecule has 2 atom stereocenters. The summed E-state index contributed by atoms with van der Waals surface area (Å²) < 4.78 is 20.1. The average molecular weight is 374 g/mol. The Kier molecular flexibility index (Phi) is 5.62. The molecule has 0 aliphatic heterocycles. The SMILES string of the molecule is CC(Oc1cccc(Cl)c1)C(O)Cc1cc(Br)ccc1F. The van der Waals surface area contributed by atoms with E-state index in [4.69, 9.17) is 16.3 Å². The summed E-state index contributed by atoms with van der Waals surface area (Å²) in [5.41, 5.74) is 0.443. The van der Waals surface area contributed by atoms with Crippen LogP contribution in [0.5, 0.6) is 5.75 Å². The molecule has 0 saturated carbocycles. The third kappa shape index (κ3) is 4.70. The fourth-order valence-corrected chi connectivity index (χ4v) is 2.51. The lowest BCUT2D eigenvalue weighted by Gasteiger charge is -2.21. The zero-order valence-electron chi connectivity index (χ0n) is 11.4. The van der Waals surface area contributed by atoms with Crippen LogP contribution in [0.3, 0.4) is 0 Å². The average Bonchev–Trinajstić information content (AvgIpc) is 2.43. The molecular weight excluding hydrogens is 359 g/mol. The Morgan fingerprint density at radius 3 is 2.76 bits per heavy atom. The second-order valence-corrected chi connectivity index (χ2v) is 6.14. The molecule has 0 saturated heterocycles. The lowest BCUT2D eigenvalue weighted by Crippen LogP contribution is -2.30. The molecule has 1 N–H and O–H groups in total. The van der Waals surface area contributed by atoms with Gasteiger partial charge in [-0.05, 0) is 48.9 Å². The van der Waals surface area contributed by atoms with E-state index in [9.17, 15) is 9.50 Å². The van der Waals surface area contributed by atoms with Crippen LogP contribution in [0.25, 0.3) is 0 Å². The molecule has 0 aliphatic rings. The van der Waals surface area contributed by atoms with E-state index in [2.05, 4.69) is 15.9 Å². The van der Waals surface area contributed by atoms with Crippen molar-refractivity contribution in [2.45, 2.75) is 25.6 Å². The largest absolute Gasteiger partial charge is 0.488 e. The summed E-state index contributed by atoms with van der Waals surface area (Å²) in [5.74, 6) is 0.232. The highest BCUT2D eigenvalue weighted by Crippen LogP contribution is 2.21. The molecule has 2 nitrogen and oxygen atoms in total. The fraction of sp³-hybridized carbons (Fsp3) is 0.250. The zero-order chi connectivity index (χ0) is 15.4. The first-order chi connectivity index (χ1) is 9.95. The van der Waals surface area contributed by atoms with Gasteiger partial charge >= 0.3 is 0 Å². The Balaban J connectivity index is 2.02. The first-order valence-corrected chi connectivity index (χ1v) is 7.67.